The van der Waals surface area contributed by atoms with Crippen LogP contribution in [-0.4, -0.2) is 17.9 Å². The van der Waals surface area contributed by atoms with Crippen LogP contribution in [0.3, 0.4) is 0 Å². The fourth-order valence-electron chi connectivity index (χ4n) is 1.78. The molecule has 0 saturated carbocycles. The van der Waals surface area contributed by atoms with E-state index in [-0.39, 0.29) is 5.75 Å². The smallest absolute Gasteiger partial charge is 0.159 e. The molecule has 0 aliphatic rings. The number of hydrogen-bond acceptors (Lipinski definition) is 4. The lowest BCUT2D eigenvalue weighted by Gasteiger charge is -2.04. The Morgan fingerprint density at radius 2 is 1.77 bits per heavy atom. The number of phenols is 1. The maximum atomic E-state index is 9.32. The second kappa shape index (κ2) is 7.75. The molecule has 2 rings (SSSR count). The molecule has 22 heavy (non-hydrogen) atoms. The van der Waals surface area contributed by atoms with Gasteiger partial charge in [0, 0.05) is 5.56 Å². The third kappa shape index (κ3) is 4.29. The quantitative estimate of drug-likeness (QED) is 0.523. The number of nitrogens with zero attached hydrogens (tertiary/aromatic N) is 1. The van der Waals surface area contributed by atoms with Gasteiger partial charge >= 0.3 is 0 Å². The van der Waals surface area contributed by atoms with E-state index >= 15 is 0 Å². The van der Waals surface area contributed by atoms with Crippen molar-refractivity contribution in [2.45, 2.75) is 13.5 Å². The Bertz CT molecular complexity index is 692. The van der Waals surface area contributed by atoms with Gasteiger partial charge in [-0.1, -0.05) is 23.2 Å². The summed E-state index contributed by atoms with van der Waals surface area (Å²) in [6.07, 6.45) is 0. The molecular formula is C18H17NO3. The predicted octanol–water partition coefficient (Wildman–Crippen LogP) is 3.35. The van der Waals surface area contributed by atoms with Gasteiger partial charge in [-0.3, -0.25) is 0 Å². The molecule has 0 aliphatic heterocycles. The molecule has 0 radical (unpaired) electrons. The summed E-state index contributed by atoms with van der Waals surface area (Å²) in [6.45, 7) is 2.08. The fraction of sp³-hybridized carbons (Fsp3) is 0.167. The summed E-state index contributed by atoms with van der Waals surface area (Å²) in [6, 6.07) is 14.2. The van der Waals surface area contributed by atoms with Crippen molar-refractivity contribution in [3.63, 3.8) is 0 Å². The number of phenolic OH excluding ortho intramolecular Hbond substituents is 1. The molecule has 0 aliphatic carbocycles. The van der Waals surface area contributed by atoms with Gasteiger partial charge in [-0.2, -0.15) is 0 Å². The van der Waals surface area contributed by atoms with E-state index in [1.54, 1.807) is 38.3 Å². The number of methoxy groups -OCH3 is 1. The van der Waals surface area contributed by atoms with Crippen LogP contribution in [0.5, 0.6) is 11.5 Å². The molecular weight excluding hydrogens is 278 g/mol. The highest BCUT2D eigenvalue weighted by Gasteiger charge is 2.02. The van der Waals surface area contributed by atoms with E-state index in [1.807, 2.05) is 24.3 Å². The van der Waals surface area contributed by atoms with Crippen LogP contribution in [0.4, 0.5) is 0 Å². The van der Waals surface area contributed by atoms with Crippen molar-refractivity contribution in [2.24, 2.45) is 5.16 Å². The molecule has 0 spiro atoms. The number of aromatic hydroxyl groups is 1. The Labute approximate surface area is 130 Å². The van der Waals surface area contributed by atoms with Gasteiger partial charge in [0.15, 0.2) is 5.71 Å². The Morgan fingerprint density at radius 1 is 1.09 bits per heavy atom. The van der Waals surface area contributed by atoms with E-state index in [9.17, 15) is 5.11 Å². The van der Waals surface area contributed by atoms with Crippen molar-refractivity contribution in [2.75, 3.05) is 7.11 Å². The van der Waals surface area contributed by atoms with Crippen LogP contribution < -0.4 is 4.74 Å². The fourth-order valence-corrected chi connectivity index (χ4v) is 1.78. The van der Waals surface area contributed by atoms with Crippen LogP contribution in [0.1, 0.15) is 18.1 Å². The highest BCUT2D eigenvalue weighted by molar-refractivity contribution is 6.12. The van der Waals surface area contributed by atoms with Crippen LogP contribution in [0.15, 0.2) is 53.7 Å². The molecule has 0 fully saturated rings. The Balaban J connectivity index is 2.06. The Morgan fingerprint density at radius 3 is 2.36 bits per heavy atom. The standard InChI is InChI=1S/C18H17NO3/c1-3-4-18(15-7-9-16(20)10-8-15)19-22-13-14-5-11-17(21-2)12-6-14/h5-12,20H,13H2,1-2H3/b19-18+. The number of ether oxygens (including phenoxy) is 1. The summed E-state index contributed by atoms with van der Waals surface area (Å²) < 4.78 is 5.10. The molecule has 0 heterocycles. The number of rotatable bonds is 5. The van der Waals surface area contributed by atoms with Gasteiger partial charge in [-0.15, -0.1) is 0 Å². The first-order chi connectivity index (χ1) is 10.7. The number of oxime groups is 1. The van der Waals surface area contributed by atoms with Crippen LogP contribution >= 0.6 is 0 Å². The molecule has 0 bridgehead atoms. The summed E-state index contributed by atoms with van der Waals surface area (Å²) in [5.74, 6) is 6.70. The third-order valence-electron chi connectivity index (χ3n) is 2.93. The Hall–Kier alpha value is -2.93. The minimum absolute atomic E-state index is 0.201. The largest absolute Gasteiger partial charge is 0.508 e. The maximum Gasteiger partial charge on any atom is 0.159 e. The summed E-state index contributed by atoms with van der Waals surface area (Å²) in [7, 11) is 1.63. The van der Waals surface area contributed by atoms with Crippen molar-refractivity contribution in [3.8, 4) is 23.3 Å². The van der Waals surface area contributed by atoms with Crippen LogP contribution in [0, 0.1) is 11.8 Å². The molecule has 1 N–H and O–H groups in total. The normalized spacial score (nSPS) is 10.5. The van der Waals surface area contributed by atoms with Gasteiger partial charge in [0.1, 0.15) is 18.1 Å². The van der Waals surface area contributed by atoms with E-state index < -0.39 is 0 Å². The van der Waals surface area contributed by atoms with Crippen molar-refractivity contribution in [1.82, 2.24) is 0 Å². The van der Waals surface area contributed by atoms with Gasteiger partial charge in [0.2, 0.25) is 0 Å². The summed E-state index contributed by atoms with van der Waals surface area (Å²) in [5, 5.41) is 13.4. The zero-order valence-electron chi connectivity index (χ0n) is 12.5. The molecule has 2 aromatic carbocycles. The first-order valence-electron chi connectivity index (χ1n) is 6.78. The van der Waals surface area contributed by atoms with E-state index in [1.165, 1.54) is 0 Å². The zero-order chi connectivity index (χ0) is 15.8. The SMILES string of the molecule is CC#C/C(=N\OCc1ccc(OC)cc1)c1ccc(O)cc1. The number of hydrogen-bond donors (Lipinski definition) is 1. The minimum atomic E-state index is 0.201. The van der Waals surface area contributed by atoms with E-state index in [2.05, 4.69) is 17.0 Å². The first-order valence-corrected chi connectivity index (χ1v) is 6.78. The molecule has 4 heteroatoms. The molecule has 0 atom stereocenters. The highest BCUT2D eigenvalue weighted by atomic mass is 16.6. The lowest BCUT2D eigenvalue weighted by atomic mass is 10.1. The van der Waals surface area contributed by atoms with Crippen LogP contribution in [-0.2, 0) is 11.4 Å². The highest BCUT2D eigenvalue weighted by Crippen LogP contribution is 2.13. The maximum absolute atomic E-state index is 9.32. The van der Waals surface area contributed by atoms with Crippen molar-refractivity contribution in [3.05, 3.63) is 59.7 Å². The van der Waals surface area contributed by atoms with E-state index in [0.717, 1.165) is 16.9 Å². The summed E-state index contributed by atoms with van der Waals surface area (Å²) >= 11 is 0. The second-order valence-electron chi connectivity index (χ2n) is 4.48. The van der Waals surface area contributed by atoms with Gasteiger partial charge < -0.3 is 14.7 Å². The second-order valence-corrected chi connectivity index (χ2v) is 4.48. The van der Waals surface area contributed by atoms with Crippen LogP contribution in [0.2, 0.25) is 0 Å². The molecule has 0 amide bonds. The van der Waals surface area contributed by atoms with Crippen molar-refractivity contribution in [1.29, 1.82) is 0 Å². The van der Waals surface area contributed by atoms with Gasteiger partial charge in [-0.25, -0.2) is 0 Å². The lowest BCUT2D eigenvalue weighted by molar-refractivity contribution is 0.131. The van der Waals surface area contributed by atoms with Crippen molar-refractivity contribution < 1.29 is 14.7 Å². The predicted molar refractivity (Wildman–Crippen MR) is 85.9 cm³/mol. The lowest BCUT2D eigenvalue weighted by Crippen LogP contribution is -1.99. The number of benzene rings is 2. The van der Waals surface area contributed by atoms with E-state index in [0.29, 0.717) is 12.3 Å². The van der Waals surface area contributed by atoms with Gasteiger partial charge in [0.05, 0.1) is 7.11 Å². The Kier molecular flexibility index (Phi) is 5.44. The molecule has 0 aromatic heterocycles. The van der Waals surface area contributed by atoms with Crippen molar-refractivity contribution >= 4 is 5.71 Å². The molecule has 2 aromatic rings. The molecule has 112 valence electrons. The summed E-state index contributed by atoms with van der Waals surface area (Å²) in [5.41, 5.74) is 2.30. The van der Waals surface area contributed by atoms with Crippen LogP contribution in [0.25, 0.3) is 0 Å². The summed E-state index contributed by atoms with van der Waals surface area (Å²) in [4.78, 5) is 5.37. The third-order valence-corrected chi connectivity index (χ3v) is 2.93. The van der Waals surface area contributed by atoms with Gasteiger partial charge in [-0.05, 0) is 54.8 Å². The first kappa shape index (κ1) is 15.5. The van der Waals surface area contributed by atoms with Gasteiger partial charge in [0.25, 0.3) is 0 Å². The topological polar surface area (TPSA) is 51.0 Å². The molecule has 0 saturated heterocycles. The monoisotopic (exact) mass is 295 g/mol. The minimum Gasteiger partial charge on any atom is -0.508 e. The zero-order valence-corrected chi connectivity index (χ0v) is 12.5. The molecule has 0 unspecified atom stereocenters. The molecule has 4 nitrogen and oxygen atoms in total. The van der Waals surface area contributed by atoms with E-state index in [4.69, 9.17) is 9.57 Å². The average molecular weight is 295 g/mol. The average Bonchev–Trinajstić information content (AvgIpc) is 2.55.